The number of pyridine rings is 1. The first-order chi connectivity index (χ1) is 26.5. The molecule has 6 aromatic carbocycles. The van der Waals surface area contributed by atoms with Crippen molar-refractivity contribution in [1.29, 1.82) is 0 Å². The largest absolute Gasteiger partial charge is 0.264 e. The molecule has 3 heterocycles. The zero-order valence-corrected chi connectivity index (χ0v) is 30.8. The van der Waals surface area contributed by atoms with Crippen LogP contribution in [0.3, 0.4) is 0 Å². The fourth-order valence-corrected chi connectivity index (χ4v) is 9.18. The average Bonchev–Trinajstić information content (AvgIpc) is 3.44. The summed E-state index contributed by atoms with van der Waals surface area (Å²) in [4.78, 5) is 17.3. The van der Waals surface area contributed by atoms with E-state index >= 15 is 0 Å². The van der Waals surface area contributed by atoms with Crippen molar-refractivity contribution in [2.45, 2.75) is 29.1 Å². The molecule has 0 radical (unpaired) electrons. The Balaban J connectivity index is 1.24. The van der Waals surface area contributed by atoms with Crippen LogP contribution in [0.1, 0.15) is 36.1 Å². The van der Waals surface area contributed by atoms with Crippen LogP contribution in [0, 0.1) is 0 Å². The maximum absolute atomic E-state index is 5.21. The average molecular weight is 710 g/mol. The highest BCUT2D eigenvalue weighted by atomic mass is 32.2. The van der Waals surface area contributed by atoms with Gasteiger partial charge in [0.25, 0.3) is 0 Å². The second-order valence-corrected chi connectivity index (χ2v) is 15.5. The summed E-state index contributed by atoms with van der Waals surface area (Å²) in [6.45, 7) is 4.71. The Kier molecular flexibility index (Phi) is 7.74. The lowest BCUT2D eigenvalue weighted by Crippen LogP contribution is -2.15. The third-order valence-electron chi connectivity index (χ3n) is 10.8. The van der Waals surface area contributed by atoms with Crippen LogP contribution in [0.5, 0.6) is 0 Å². The van der Waals surface area contributed by atoms with Crippen LogP contribution in [-0.4, -0.2) is 15.0 Å². The first-order valence-electron chi connectivity index (χ1n) is 18.3. The van der Waals surface area contributed by atoms with Crippen molar-refractivity contribution in [2.75, 3.05) is 0 Å². The third-order valence-corrected chi connectivity index (χ3v) is 12.0. The second kappa shape index (κ2) is 12.9. The zero-order valence-electron chi connectivity index (χ0n) is 30.0. The zero-order chi connectivity index (χ0) is 36.2. The molecule has 0 spiro atoms. The van der Waals surface area contributed by atoms with Gasteiger partial charge in [-0.15, -0.1) is 0 Å². The third kappa shape index (κ3) is 5.50. The molecule has 0 bridgehead atoms. The van der Waals surface area contributed by atoms with Crippen molar-refractivity contribution in [3.8, 4) is 67.3 Å². The fourth-order valence-electron chi connectivity index (χ4n) is 8.06. The molecule has 1 aliphatic carbocycles. The van der Waals surface area contributed by atoms with Gasteiger partial charge in [-0.1, -0.05) is 147 Å². The number of hydrogen-bond acceptors (Lipinski definition) is 4. The van der Waals surface area contributed by atoms with Gasteiger partial charge >= 0.3 is 0 Å². The van der Waals surface area contributed by atoms with E-state index in [-0.39, 0.29) is 5.41 Å². The van der Waals surface area contributed by atoms with Crippen LogP contribution in [0.25, 0.3) is 79.4 Å². The highest BCUT2D eigenvalue weighted by Crippen LogP contribution is 2.53. The van der Waals surface area contributed by atoms with Gasteiger partial charge in [-0.3, -0.25) is 4.98 Å². The van der Waals surface area contributed by atoms with E-state index in [4.69, 9.17) is 9.97 Å². The summed E-state index contributed by atoms with van der Waals surface area (Å²) in [5, 5.41) is 0. The van der Waals surface area contributed by atoms with Gasteiger partial charge < -0.3 is 0 Å². The van der Waals surface area contributed by atoms with E-state index in [9.17, 15) is 0 Å². The van der Waals surface area contributed by atoms with E-state index in [1.807, 2.05) is 30.1 Å². The number of fused-ring (bicyclic) bond motifs is 9. The molecule has 2 aliphatic rings. The molecule has 1 aliphatic heterocycles. The lowest BCUT2D eigenvalue weighted by atomic mass is 9.82. The Morgan fingerprint density at radius 1 is 0.444 bits per heavy atom. The normalized spacial score (nSPS) is 14.0. The Labute approximate surface area is 320 Å². The Hall–Kier alpha value is -6.36. The quantitative estimate of drug-likeness (QED) is 0.183. The first-order valence-corrected chi connectivity index (χ1v) is 19.2. The molecule has 0 atom stereocenters. The summed E-state index contributed by atoms with van der Waals surface area (Å²) in [5.41, 5.74) is 17.0. The molecule has 0 unspecified atom stereocenters. The van der Waals surface area contributed by atoms with Gasteiger partial charge in [-0.25, -0.2) is 9.97 Å². The van der Waals surface area contributed by atoms with Crippen LogP contribution in [-0.2, 0) is 5.41 Å². The lowest BCUT2D eigenvalue weighted by Gasteiger charge is -2.23. The lowest BCUT2D eigenvalue weighted by molar-refractivity contribution is 0.659. The standard InChI is InChI=1S/C50H35N3S/c1-50(2)43-20-10-8-18-38(43)41-28-42-40-27-35(49-52-45(34-14-4-3-5-15-34)30-46(53-49)36-16-12-26-51-31-36)25-24-33(40)23-22-32-13-6-7-17-37(32)39-19-9-11-21-47(39)54-48(42)29-44(41)50/h3-31H,1-2H3/b23-22-. The van der Waals surface area contributed by atoms with Gasteiger partial charge in [-0.05, 0) is 98.1 Å². The molecule has 3 nitrogen and oxygen atoms in total. The molecular formula is C50H35N3S. The highest BCUT2D eigenvalue weighted by Gasteiger charge is 2.36. The summed E-state index contributed by atoms with van der Waals surface area (Å²) >= 11 is 1.86. The summed E-state index contributed by atoms with van der Waals surface area (Å²) in [5.74, 6) is 0.675. The van der Waals surface area contributed by atoms with Crippen molar-refractivity contribution in [2.24, 2.45) is 0 Å². The predicted octanol–water partition coefficient (Wildman–Crippen LogP) is 13.1. The monoisotopic (exact) mass is 709 g/mol. The van der Waals surface area contributed by atoms with Crippen LogP contribution in [0.2, 0.25) is 0 Å². The number of aromatic nitrogens is 3. The fraction of sp³-hybridized carbons (Fsp3) is 0.0600. The van der Waals surface area contributed by atoms with Crippen LogP contribution in [0.4, 0.5) is 0 Å². The van der Waals surface area contributed by atoms with Crippen LogP contribution < -0.4 is 0 Å². The molecule has 0 saturated carbocycles. The molecule has 54 heavy (non-hydrogen) atoms. The van der Waals surface area contributed by atoms with Gasteiger partial charge in [0.2, 0.25) is 0 Å². The predicted molar refractivity (Wildman–Crippen MR) is 224 cm³/mol. The van der Waals surface area contributed by atoms with Crippen LogP contribution >= 0.6 is 11.8 Å². The van der Waals surface area contributed by atoms with E-state index < -0.39 is 0 Å². The minimum absolute atomic E-state index is 0.126. The van der Waals surface area contributed by atoms with Gasteiger partial charge in [-0.2, -0.15) is 0 Å². The minimum Gasteiger partial charge on any atom is -0.264 e. The highest BCUT2D eigenvalue weighted by molar-refractivity contribution is 7.99. The number of nitrogens with zero attached hydrogens (tertiary/aromatic N) is 3. The van der Waals surface area contributed by atoms with E-state index in [0.717, 1.165) is 39.2 Å². The smallest absolute Gasteiger partial charge is 0.160 e. The van der Waals surface area contributed by atoms with E-state index in [1.54, 1.807) is 6.20 Å². The minimum atomic E-state index is -0.126. The van der Waals surface area contributed by atoms with Crippen molar-refractivity contribution in [3.63, 3.8) is 0 Å². The molecule has 0 fully saturated rings. The molecule has 0 N–H and O–H groups in total. The van der Waals surface area contributed by atoms with Gasteiger partial charge in [0.05, 0.1) is 11.4 Å². The molecule has 256 valence electrons. The van der Waals surface area contributed by atoms with Crippen molar-refractivity contribution in [1.82, 2.24) is 15.0 Å². The number of rotatable bonds is 3. The summed E-state index contributed by atoms with van der Waals surface area (Å²) in [7, 11) is 0. The molecular weight excluding hydrogens is 675 g/mol. The van der Waals surface area contributed by atoms with Gasteiger partial charge in [0, 0.05) is 44.3 Å². The summed E-state index contributed by atoms with van der Waals surface area (Å²) in [6.07, 6.45) is 8.19. The molecule has 8 aromatic rings. The van der Waals surface area contributed by atoms with Crippen molar-refractivity contribution in [3.05, 3.63) is 186 Å². The van der Waals surface area contributed by atoms with E-state index in [2.05, 4.69) is 171 Å². The molecule has 0 amide bonds. The molecule has 10 rings (SSSR count). The van der Waals surface area contributed by atoms with Gasteiger partial charge in [0.15, 0.2) is 5.82 Å². The topological polar surface area (TPSA) is 38.7 Å². The first kappa shape index (κ1) is 32.3. The van der Waals surface area contributed by atoms with Crippen LogP contribution in [0.15, 0.2) is 174 Å². The van der Waals surface area contributed by atoms with E-state index in [1.165, 1.54) is 54.3 Å². The SMILES string of the molecule is CC1(C)c2ccccc2-c2cc3c(cc21)Sc1ccccc1-c1ccccc1/C=C\c1ccc(-c2nc(-c4ccccc4)cc(-c4cccnc4)n2)cc1-3. The Morgan fingerprint density at radius 2 is 1.13 bits per heavy atom. The molecule has 4 heteroatoms. The Bertz CT molecular complexity index is 2710. The maximum atomic E-state index is 5.21. The molecule has 2 aromatic heterocycles. The maximum Gasteiger partial charge on any atom is 0.160 e. The van der Waals surface area contributed by atoms with E-state index in [0.29, 0.717) is 5.82 Å². The number of hydrogen-bond donors (Lipinski definition) is 0. The van der Waals surface area contributed by atoms with Crippen molar-refractivity contribution < 1.29 is 0 Å². The number of benzene rings is 6. The molecule has 0 saturated heterocycles. The summed E-state index contributed by atoms with van der Waals surface area (Å²) in [6, 6.07) is 54.4. The summed E-state index contributed by atoms with van der Waals surface area (Å²) < 4.78 is 0. The Morgan fingerprint density at radius 3 is 1.94 bits per heavy atom. The van der Waals surface area contributed by atoms with Gasteiger partial charge in [0.1, 0.15) is 0 Å². The van der Waals surface area contributed by atoms with Crippen molar-refractivity contribution >= 4 is 23.9 Å². The second-order valence-electron chi connectivity index (χ2n) is 14.5.